The zero-order valence-electron chi connectivity index (χ0n) is 13.1. The zero-order chi connectivity index (χ0) is 14.8. The summed E-state index contributed by atoms with van der Waals surface area (Å²) in [6.45, 7) is 9.53. The van der Waals surface area contributed by atoms with Crippen molar-refractivity contribution in [3.8, 4) is 0 Å². The minimum atomic E-state index is 0.0946. The predicted molar refractivity (Wildman–Crippen MR) is 81.6 cm³/mol. The van der Waals surface area contributed by atoms with E-state index >= 15 is 0 Å². The molecule has 0 radical (unpaired) electrons. The highest BCUT2D eigenvalue weighted by Crippen LogP contribution is 2.09. The SMILES string of the molecule is CC(N)CCCC(C)C(=O)NCCCN1CCOCC1. The van der Waals surface area contributed by atoms with Crippen molar-refractivity contribution >= 4 is 5.91 Å². The largest absolute Gasteiger partial charge is 0.379 e. The summed E-state index contributed by atoms with van der Waals surface area (Å²) >= 11 is 0. The number of morpholine rings is 1. The number of nitrogens with zero attached hydrogens (tertiary/aromatic N) is 1. The van der Waals surface area contributed by atoms with Crippen molar-refractivity contribution in [3.05, 3.63) is 0 Å². The van der Waals surface area contributed by atoms with Gasteiger partial charge >= 0.3 is 0 Å². The van der Waals surface area contributed by atoms with Crippen LogP contribution < -0.4 is 11.1 Å². The highest BCUT2D eigenvalue weighted by atomic mass is 16.5. The van der Waals surface area contributed by atoms with Gasteiger partial charge in [-0.3, -0.25) is 9.69 Å². The Hall–Kier alpha value is -0.650. The summed E-state index contributed by atoms with van der Waals surface area (Å²) < 4.78 is 5.31. The Balaban J connectivity index is 2.00. The Morgan fingerprint density at radius 2 is 1.95 bits per heavy atom. The quantitative estimate of drug-likeness (QED) is 0.620. The highest BCUT2D eigenvalue weighted by molar-refractivity contribution is 5.78. The maximum atomic E-state index is 11.9. The van der Waals surface area contributed by atoms with Crippen LogP contribution in [0.1, 0.15) is 39.5 Å². The first-order valence-corrected chi connectivity index (χ1v) is 7.93. The van der Waals surface area contributed by atoms with Gasteiger partial charge < -0.3 is 15.8 Å². The monoisotopic (exact) mass is 285 g/mol. The topological polar surface area (TPSA) is 67.6 Å². The number of hydrogen-bond acceptors (Lipinski definition) is 4. The summed E-state index contributed by atoms with van der Waals surface area (Å²) in [6, 6.07) is 0.235. The van der Waals surface area contributed by atoms with Gasteiger partial charge in [-0.25, -0.2) is 0 Å². The molecule has 0 aromatic heterocycles. The lowest BCUT2D eigenvalue weighted by Gasteiger charge is -2.26. The maximum absolute atomic E-state index is 11.9. The van der Waals surface area contributed by atoms with E-state index in [1.165, 1.54) is 0 Å². The molecule has 1 heterocycles. The summed E-state index contributed by atoms with van der Waals surface area (Å²) in [5.74, 6) is 0.272. The van der Waals surface area contributed by atoms with Crippen molar-refractivity contribution in [2.24, 2.45) is 11.7 Å². The molecular weight excluding hydrogens is 254 g/mol. The Morgan fingerprint density at radius 1 is 1.25 bits per heavy atom. The van der Waals surface area contributed by atoms with Gasteiger partial charge in [0.25, 0.3) is 0 Å². The van der Waals surface area contributed by atoms with Crippen LogP contribution in [0.4, 0.5) is 0 Å². The first-order valence-electron chi connectivity index (χ1n) is 7.93. The van der Waals surface area contributed by atoms with Crippen LogP contribution in [0.2, 0.25) is 0 Å². The van der Waals surface area contributed by atoms with Crippen LogP contribution in [-0.2, 0) is 9.53 Å². The van der Waals surface area contributed by atoms with Gasteiger partial charge in [0.15, 0.2) is 0 Å². The molecule has 1 aliphatic rings. The summed E-state index contributed by atoms with van der Waals surface area (Å²) in [6.07, 6.45) is 3.96. The lowest BCUT2D eigenvalue weighted by Crippen LogP contribution is -2.38. The van der Waals surface area contributed by atoms with Gasteiger partial charge in [-0.15, -0.1) is 0 Å². The molecule has 20 heavy (non-hydrogen) atoms. The zero-order valence-corrected chi connectivity index (χ0v) is 13.1. The van der Waals surface area contributed by atoms with Crippen LogP contribution in [0.25, 0.3) is 0 Å². The molecule has 1 aliphatic heterocycles. The minimum absolute atomic E-state index is 0.0946. The number of carbonyl (C=O) groups excluding carboxylic acids is 1. The van der Waals surface area contributed by atoms with Crippen LogP contribution in [-0.4, -0.2) is 56.2 Å². The van der Waals surface area contributed by atoms with Gasteiger partial charge in [-0.1, -0.05) is 13.3 Å². The van der Waals surface area contributed by atoms with Crippen molar-refractivity contribution in [3.63, 3.8) is 0 Å². The van der Waals surface area contributed by atoms with Crippen LogP contribution >= 0.6 is 0 Å². The van der Waals surface area contributed by atoms with Crippen LogP contribution in [0.5, 0.6) is 0 Å². The molecule has 0 aromatic rings. The molecule has 0 aromatic carbocycles. The molecule has 2 unspecified atom stereocenters. The van der Waals surface area contributed by atoms with E-state index in [2.05, 4.69) is 10.2 Å². The molecule has 3 N–H and O–H groups in total. The molecule has 118 valence electrons. The van der Waals surface area contributed by atoms with Crippen molar-refractivity contribution in [1.29, 1.82) is 0 Å². The van der Waals surface area contributed by atoms with E-state index in [9.17, 15) is 4.79 Å². The molecule has 0 aliphatic carbocycles. The van der Waals surface area contributed by atoms with Gasteiger partial charge in [0, 0.05) is 31.6 Å². The first kappa shape index (κ1) is 17.4. The molecule has 5 nitrogen and oxygen atoms in total. The number of rotatable bonds is 9. The van der Waals surface area contributed by atoms with E-state index in [1.807, 2.05) is 13.8 Å². The highest BCUT2D eigenvalue weighted by Gasteiger charge is 2.13. The van der Waals surface area contributed by atoms with Crippen molar-refractivity contribution < 1.29 is 9.53 Å². The molecule has 0 saturated carbocycles. The van der Waals surface area contributed by atoms with E-state index in [0.717, 1.165) is 65.1 Å². The Labute approximate surface area is 123 Å². The van der Waals surface area contributed by atoms with E-state index in [1.54, 1.807) is 0 Å². The van der Waals surface area contributed by atoms with E-state index in [-0.39, 0.29) is 17.9 Å². The molecule has 1 fully saturated rings. The summed E-state index contributed by atoms with van der Waals surface area (Å²) in [5, 5.41) is 3.03. The Morgan fingerprint density at radius 3 is 2.60 bits per heavy atom. The van der Waals surface area contributed by atoms with Gasteiger partial charge in [0.2, 0.25) is 5.91 Å². The number of ether oxygens (including phenoxy) is 1. The van der Waals surface area contributed by atoms with Gasteiger partial charge in [-0.05, 0) is 32.7 Å². The molecular formula is C15H31N3O2. The van der Waals surface area contributed by atoms with Gasteiger partial charge in [0.05, 0.1) is 13.2 Å². The third-order valence-corrected chi connectivity index (χ3v) is 3.80. The molecule has 1 amide bonds. The summed E-state index contributed by atoms with van der Waals surface area (Å²) in [4.78, 5) is 14.3. The number of nitrogens with one attached hydrogen (secondary N) is 1. The molecule has 0 spiro atoms. The van der Waals surface area contributed by atoms with Crippen molar-refractivity contribution in [1.82, 2.24) is 10.2 Å². The first-order chi connectivity index (χ1) is 9.59. The summed E-state index contributed by atoms with van der Waals surface area (Å²) in [7, 11) is 0. The number of amides is 1. The van der Waals surface area contributed by atoms with E-state index in [0.29, 0.717) is 0 Å². The van der Waals surface area contributed by atoms with Crippen LogP contribution in [0, 0.1) is 5.92 Å². The number of carbonyl (C=O) groups is 1. The molecule has 1 rings (SSSR count). The maximum Gasteiger partial charge on any atom is 0.222 e. The normalized spacial score (nSPS) is 19.6. The fraction of sp³-hybridized carbons (Fsp3) is 0.933. The number of nitrogens with two attached hydrogens (primary N) is 1. The second kappa shape index (κ2) is 10.1. The fourth-order valence-corrected chi connectivity index (χ4v) is 2.39. The van der Waals surface area contributed by atoms with Crippen molar-refractivity contribution in [2.75, 3.05) is 39.4 Å². The standard InChI is InChI=1S/C15H31N3O2/c1-13(5-3-6-14(2)16)15(19)17-7-4-8-18-9-11-20-12-10-18/h13-14H,3-12,16H2,1-2H3,(H,17,19). The van der Waals surface area contributed by atoms with Gasteiger partial charge in [-0.2, -0.15) is 0 Å². The third-order valence-electron chi connectivity index (χ3n) is 3.80. The second-order valence-corrected chi connectivity index (χ2v) is 5.91. The molecule has 5 heteroatoms. The average Bonchev–Trinajstić information content (AvgIpc) is 2.44. The lowest BCUT2D eigenvalue weighted by atomic mass is 10.0. The van der Waals surface area contributed by atoms with E-state index < -0.39 is 0 Å². The van der Waals surface area contributed by atoms with Crippen LogP contribution in [0.3, 0.4) is 0 Å². The Kier molecular flexibility index (Phi) is 8.82. The average molecular weight is 285 g/mol. The fourth-order valence-electron chi connectivity index (χ4n) is 2.39. The molecule has 2 atom stereocenters. The number of hydrogen-bond donors (Lipinski definition) is 2. The molecule has 1 saturated heterocycles. The summed E-state index contributed by atoms with van der Waals surface area (Å²) in [5.41, 5.74) is 5.71. The molecule has 0 bridgehead atoms. The smallest absolute Gasteiger partial charge is 0.222 e. The van der Waals surface area contributed by atoms with Gasteiger partial charge in [0.1, 0.15) is 0 Å². The Bertz CT molecular complexity index is 266. The van der Waals surface area contributed by atoms with Crippen molar-refractivity contribution in [2.45, 2.75) is 45.6 Å². The predicted octanol–water partition coefficient (Wildman–Crippen LogP) is 0.979. The van der Waals surface area contributed by atoms with Crippen LogP contribution in [0.15, 0.2) is 0 Å². The minimum Gasteiger partial charge on any atom is -0.379 e. The third kappa shape index (κ3) is 7.82. The second-order valence-electron chi connectivity index (χ2n) is 5.91. The lowest BCUT2D eigenvalue weighted by molar-refractivity contribution is -0.124. The van der Waals surface area contributed by atoms with E-state index in [4.69, 9.17) is 10.5 Å².